The number of imide groups is 1. The van der Waals surface area contributed by atoms with Gasteiger partial charge in [0.1, 0.15) is 6.04 Å². The summed E-state index contributed by atoms with van der Waals surface area (Å²) in [4.78, 5) is 50.0. The van der Waals surface area contributed by atoms with E-state index >= 15 is 0 Å². The van der Waals surface area contributed by atoms with Gasteiger partial charge in [-0.1, -0.05) is 19.9 Å². The molecule has 1 unspecified atom stereocenters. The molecule has 0 aliphatic carbocycles. The lowest BCUT2D eigenvalue weighted by atomic mass is 9.87. The van der Waals surface area contributed by atoms with E-state index in [-0.39, 0.29) is 24.3 Å². The molecule has 1 atom stereocenters. The first-order valence-electron chi connectivity index (χ1n) is 13.5. The first-order chi connectivity index (χ1) is 18.0. The van der Waals surface area contributed by atoms with Crippen molar-refractivity contribution in [2.45, 2.75) is 64.8 Å². The number of aromatic nitrogens is 2. The van der Waals surface area contributed by atoms with Crippen LogP contribution in [-0.2, 0) is 9.59 Å². The van der Waals surface area contributed by atoms with Crippen LogP contribution >= 0.6 is 0 Å². The van der Waals surface area contributed by atoms with E-state index in [9.17, 15) is 14.4 Å². The number of carbonyl (C=O) groups is 3. The van der Waals surface area contributed by atoms with Crippen molar-refractivity contribution in [1.29, 1.82) is 0 Å². The smallest absolute Gasteiger partial charge is 0.326 e. The number of pyridine rings is 1. The van der Waals surface area contributed by atoms with Crippen LogP contribution in [0, 0.1) is 13.8 Å². The molecule has 200 valence electrons. The van der Waals surface area contributed by atoms with Crippen LogP contribution in [0.5, 0.6) is 0 Å². The van der Waals surface area contributed by atoms with Gasteiger partial charge in [-0.15, -0.1) is 0 Å². The number of benzene rings is 1. The SMILES string of the molecule is Cc1cc(-c2[nH]c3ccc(C4CCN(C(=O)CC5C(=O)N(C)C(=O)N5C)CC4)cc3c2C(C)C)cc(C)n1. The molecule has 3 aromatic rings. The van der Waals surface area contributed by atoms with E-state index < -0.39 is 6.04 Å². The Kier molecular flexibility index (Phi) is 6.75. The van der Waals surface area contributed by atoms with Crippen molar-refractivity contribution in [1.82, 2.24) is 24.7 Å². The highest BCUT2D eigenvalue weighted by Crippen LogP contribution is 2.38. The number of aryl methyl sites for hydroxylation is 2. The normalized spacial score (nSPS) is 18.9. The van der Waals surface area contributed by atoms with E-state index in [2.05, 4.69) is 54.1 Å². The molecule has 5 rings (SSSR count). The first-order valence-corrected chi connectivity index (χ1v) is 13.5. The number of hydrogen-bond acceptors (Lipinski definition) is 4. The fraction of sp³-hybridized carbons (Fsp3) is 0.467. The fourth-order valence-corrected chi connectivity index (χ4v) is 6.12. The van der Waals surface area contributed by atoms with Crippen molar-refractivity contribution >= 4 is 28.7 Å². The van der Waals surface area contributed by atoms with Crippen molar-refractivity contribution in [3.8, 4) is 11.3 Å². The number of carbonyl (C=O) groups excluding carboxylic acids is 3. The lowest BCUT2D eigenvalue weighted by Gasteiger charge is -2.33. The predicted molar refractivity (Wildman–Crippen MR) is 148 cm³/mol. The first kappa shape index (κ1) is 25.9. The number of urea groups is 1. The number of rotatable bonds is 5. The summed E-state index contributed by atoms with van der Waals surface area (Å²) in [6.07, 6.45) is 1.79. The molecule has 2 aliphatic rings. The number of nitrogens with one attached hydrogen (secondary N) is 1. The molecule has 0 radical (unpaired) electrons. The molecule has 0 saturated carbocycles. The van der Waals surface area contributed by atoms with Gasteiger partial charge in [-0.25, -0.2) is 4.79 Å². The highest BCUT2D eigenvalue weighted by Gasteiger charge is 2.42. The zero-order valence-electron chi connectivity index (χ0n) is 23.2. The molecule has 38 heavy (non-hydrogen) atoms. The summed E-state index contributed by atoms with van der Waals surface area (Å²) < 4.78 is 0. The minimum absolute atomic E-state index is 0.0415. The van der Waals surface area contributed by atoms with Gasteiger partial charge in [-0.2, -0.15) is 0 Å². The standard InChI is InChI=1S/C30H37N5O3/c1-17(2)27-23-15-21(7-8-24(23)32-28(27)22-13-18(3)31-19(4)14-22)20-9-11-35(12-10-20)26(36)16-25-29(37)34(6)30(38)33(25)5/h7-8,13-15,17,20,25,32H,9-12,16H2,1-6H3. The van der Waals surface area contributed by atoms with E-state index in [1.54, 1.807) is 7.05 Å². The Labute approximate surface area is 224 Å². The third kappa shape index (κ3) is 4.57. The Morgan fingerprint density at radius 3 is 2.29 bits per heavy atom. The molecule has 1 aromatic carbocycles. The maximum Gasteiger partial charge on any atom is 0.326 e. The minimum Gasteiger partial charge on any atom is -0.354 e. The average molecular weight is 516 g/mol. The Morgan fingerprint density at radius 1 is 1.05 bits per heavy atom. The van der Waals surface area contributed by atoms with Crippen LogP contribution in [0.2, 0.25) is 0 Å². The van der Waals surface area contributed by atoms with Gasteiger partial charge in [0.25, 0.3) is 5.91 Å². The van der Waals surface area contributed by atoms with E-state index in [1.165, 1.54) is 34.0 Å². The zero-order valence-corrected chi connectivity index (χ0v) is 23.2. The van der Waals surface area contributed by atoms with E-state index in [0.29, 0.717) is 24.9 Å². The average Bonchev–Trinajstić information content (AvgIpc) is 3.36. The molecule has 4 amide bonds. The van der Waals surface area contributed by atoms with Crippen LogP contribution in [0.3, 0.4) is 0 Å². The second-order valence-electron chi connectivity index (χ2n) is 11.2. The van der Waals surface area contributed by atoms with Crippen molar-refractivity contribution in [3.05, 3.63) is 52.8 Å². The number of piperidine rings is 1. The van der Waals surface area contributed by atoms with Gasteiger partial charge in [0, 0.05) is 55.0 Å². The van der Waals surface area contributed by atoms with Crippen LogP contribution in [0.15, 0.2) is 30.3 Å². The van der Waals surface area contributed by atoms with E-state index in [0.717, 1.165) is 40.3 Å². The lowest BCUT2D eigenvalue weighted by molar-refractivity contribution is -0.137. The second-order valence-corrected chi connectivity index (χ2v) is 11.2. The lowest BCUT2D eigenvalue weighted by Crippen LogP contribution is -2.42. The molecule has 0 bridgehead atoms. The summed E-state index contributed by atoms with van der Waals surface area (Å²) >= 11 is 0. The van der Waals surface area contributed by atoms with Gasteiger partial charge in [-0.3, -0.25) is 19.5 Å². The predicted octanol–water partition coefficient (Wildman–Crippen LogP) is 4.96. The maximum absolute atomic E-state index is 13.0. The fourth-order valence-electron chi connectivity index (χ4n) is 6.12. The molecular formula is C30H37N5O3. The van der Waals surface area contributed by atoms with Crippen molar-refractivity contribution in [2.75, 3.05) is 27.2 Å². The van der Waals surface area contributed by atoms with Gasteiger partial charge < -0.3 is 14.8 Å². The molecule has 4 heterocycles. The molecule has 8 heteroatoms. The highest BCUT2D eigenvalue weighted by atomic mass is 16.2. The molecule has 2 aromatic heterocycles. The Balaban J connectivity index is 1.33. The molecular weight excluding hydrogens is 478 g/mol. The van der Waals surface area contributed by atoms with Crippen LogP contribution in [0.1, 0.15) is 67.5 Å². The summed E-state index contributed by atoms with van der Waals surface area (Å²) in [6.45, 7) is 9.85. The monoisotopic (exact) mass is 515 g/mol. The summed E-state index contributed by atoms with van der Waals surface area (Å²) in [5.74, 6) is 0.353. The third-order valence-electron chi connectivity index (χ3n) is 8.17. The van der Waals surface area contributed by atoms with Gasteiger partial charge in [0.2, 0.25) is 5.91 Å². The Morgan fingerprint density at radius 2 is 1.71 bits per heavy atom. The van der Waals surface area contributed by atoms with Gasteiger partial charge in [0.15, 0.2) is 0 Å². The molecule has 1 N–H and O–H groups in total. The van der Waals surface area contributed by atoms with Gasteiger partial charge in [-0.05, 0) is 73.9 Å². The van der Waals surface area contributed by atoms with Crippen LogP contribution in [0.4, 0.5) is 4.79 Å². The Bertz CT molecular complexity index is 1400. The number of hydrogen-bond donors (Lipinski definition) is 1. The summed E-state index contributed by atoms with van der Waals surface area (Å²) in [5.41, 5.74) is 8.12. The van der Waals surface area contributed by atoms with E-state index in [1.807, 2.05) is 18.7 Å². The van der Waals surface area contributed by atoms with Crippen molar-refractivity contribution in [2.24, 2.45) is 0 Å². The number of fused-ring (bicyclic) bond motifs is 1. The molecule has 2 saturated heterocycles. The quantitative estimate of drug-likeness (QED) is 0.487. The summed E-state index contributed by atoms with van der Waals surface area (Å²) in [5, 5.41) is 1.26. The summed E-state index contributed by atoms with van der Waals surface area (Å²) in [7, 11) is 3.05. The topological polar surface area (TPSA) is 89.6 Å². The number of nitrogens with zero attached hydrogens (tertiary/aromatic N) is 4. The van der Waals surface area contributed by atoms with Crippen LogP contribution in [-0.4, -0.2) is 75.7 Å². The van der Waals surface area contributed by atoms with Gasteiger partial charge >= 0.3 is 6.03 Å². The van der Waals surface area contributed by atoms with Crippen LogP contribution in [0.25, 0.3) is 22.2 Å². The second kappa shape index (κ2) is 9.89. The highest BCUT2D eigenvalue weighted by molar-refractivity contribution is 6.05. The van der Waals surface area contributed by atoms with Gasteiger partial charge in [0.05, 0.1) is 12.1 Å². The van der Waals surface area contributed by atoms with Crippen LogP contribution < -0.4 is 0 Å². The van der Waals surface area contributed by atoms with E-state index in [4.69, 9.17) is 0 Å². The minimum atomic E-state index is -0.703. The number of H-pyrrole nitrogens is 1. The number of likely N-dealkylation sites (tertiary alicyclic amines) is 1. The maximum atomic E-state index is 13.0. The number of amides is 4. The third-order valence-corrected chi connectivity index (χ3v) is 8.17. The molecule has 2 aliphatic heterocycles. The molecule has 2 fully saturated rings. The number of likely N-dealkylation sites (N-methyl/N-ethyl adjacent to an activating group) is 2. The molecule has 0 spiro atoms. The van der Waals surface area contributed by atoms with Crippen molar-refractivity contribution in [3.63, 3.8) is 0 Å². The summed E-state index contributed by atoms with van der Waals surface area (Å²) in [6, 6.07) is 9.96. The Hall–Kier alpha value is -3.68. The van der Waals surface area contributed by atoms with Crippen molar-refractivity contribution < 1.29 is 14.4 Å². The number of aromatic amines is 1. The largest absolute Gasteiger partial charge is 0.354 e. The molecule has 8 nitrogen and oxygen atoms in total. The zero-order chi connectivity index (χ0) is 27.3.